The molecular weight excluding hydrogens is 360 g/mol. The molecule has 0 bridgehead atoms. The van der Waals surface area contributed by atoms with E-state index < -0.39 is 5.25 Å². The highest BCUT2D eigenvalue weighted by molar-refractivity contribution is 8.01. The molecule has 3 rings (SSSR count). The van der Waals surface area contributed by atoms with Crippen molar-refractivity contribution < 1.29 is 14.4 Å². The Balaban J connectivity index is 1.54. The van der Waals surface area contributed by atoms with Crippen molar-refractivity contribution in [3.05, 3.63) is 60.2 Å². The zero-order valence-electron chi connectivity index (χ0n) is 15.3. The summed E-state index contributed by atoms with van der Waals surface area (Å²) < 4.78 is 0. The van der Waals surface area contributed by atoms with Crippen LogP contribution >= 0.6 is 11.8 Å². The number of benzene rings is 2. The lowest BCUT2D eigenvalue weighted by atomic mass is 10.0. The Bertz CT molecular complexity index is 834. The van der Waals surface area contributed by atoms with E-state index in [1.165, 1.54) is 22.2 Å². The first kappa shape index (κ1) is 19.2. The number of carbonyl (C=O) groups is 3. The standard InChI is InChI=1S/C21H22N2O3S/c1-14(2)15-8-10-16(11-9-15)22-19(24)13-27-18-12-20(25)23(21(18)26)17-6-4-3-5-7-17/h3-11,14,18H,12-13H2,1-2H3,(H,22,24)/t18-/m1/s1. The first-order valence-electron chi connectivity index (χ1n) is 8.89. The number of imide groups is 1. The molecule has 0 aliphatic carbocycles. The third-order valence-corrected chi connectivity index (χ3v) is 5.60. The minimum atomic E-state index is -0.522. The second kappa shape index (κ2) is 8.39. The molecule has 0 aromatic heterocycles. The highest BCUT2D eigenvalue weighted by atomic mass is 32.2. The number of para-hydroxylation sites is 1. The maximum Gasteiger partial charge on any atom is 0.247 e. The van der Waals surface area contributed by atoms with Gasteiger partial charge in [0.1, 0.15) is 0 Å². The summed E-state index contributed by atoms with van der Waals surface area (Å²) in [6, 6.07) is 16.6. The van der Waals surface area contributed by atoms with Crippen LogP contribution in [0.1, 0.15) is 31.7 Å². The van der Waals surface area contributed by atoms with Gasteiger partial charge in [-0.3, -0.25) is 14.4 Å². The van der Waals surface area contributed by atoms with E-state index in [1.807, 2.05) is 30.3 Å². The molecule has 1 fully saturated rings. The fraction of sp³-hybridized carbons (Fsp3) is 0.286. The number of anilines is 2. The third kappa shape index (κ3) is 4.57. The van der Waals surface area contributed by atoms with Crippen molar-refractivity contribution in [2.45, 2.75) is 31.4 Å². The summed E-state index contributed by atoms with van der Waals surface area (Å²) in [6.45, 7) is 4.23. The van der Waals surface area contributed by atoms with Gasteiger partial charge < -0.3 is 5.32 Å². The molecule has 5 nitrogen and oxygen atoms in total. The van der Waals surface area contributed by atoms with Crippen molar-refractivity contribution in [1.82, 2.24) is 0 Å². The van der Waals surface area contributed by atoms with E-state index in [0.717, 1.165) is 5.69 Å². The van der Waals surface area contributed by atoms with Crippen LogP contribution in [0.3, 0.4) is 0 Å². The molecule has 2 aromatic rings. The Hall–Kier alpha value is -2.60. The van der Waals surface area contributed by atoms with Gasteiger partial charge >= 0.3 is 0 Å². The molecule has 0 unspecified atom stereocenters. The maximum absolute atomic E-state index is 12.5. The lowest BCUT2D eigenvalue weighted by molar-refractivity contribution is -0.121. The zero-order chi connectivity index (χ0) is 19.4. The molecule has 27 heavy (non-hydrogen) atoms. The van der Waals surface area contributed by atoms with Crippen LogP contribution in [0.5, 0.6) is 0 Å². The van der Waals surface area contributed by atoms with Crippen LogP contribution in [-0.2, 0) is 14.4 Å². The lowest BCUT2D eigenvalue weighted by Crippen LogP contribution is -2.31. The number of carbonyl (C=O) groups excluding carboxylic acids is 3. The summed E-state index contributed by atoms with van der Waals surface area (Å²) in [6.07, 6.45) is 0.120. The molecule has 1 aliphatic rings. The predicted molar refractivity (Wildman–Crippen MR) is 109 cm³/mol. The molecule has 0 saturated carbocycles. The van der Waals surface area contributed by atoms with Crippen LogP contribution in [-0.4, -0.2) is 28.7 Å². The molecule has 140 valence electrons. The maximum atomic E-state index is 12.5. The number of nitrogens with zero attached hydrogens (tertiary/aromatic N) is 1. The van der Waals surface area contributed by atoms with Gasteiger partial charge in [-0.25, -0.2) is 4.90 Å². The Morgan fingerprint density at radius 3 is 2.41 bits per heavy atom. The van der Waals surface area contributed by atoms with Crippen LogP contribution in [0.25, 0.3) is 0 Å². The number of amides is 3. The fourth-order valence-corrected chi connectivity index (χ4v) is 3.84. The average molecular weight is 382 g/mol. The van der Waals surface area contributed by atoms with E-state index in [4.69, 9.17) is 0 Å². The van der Waals surface area contributed by atoms with Gasteiger partial charge in [-0.05, 0) is 35.7 Å². The molecule has 1 aliphatic heterocycles. The largest absolute Gasteiger partial charge is 0.325 e. The second-order valence-electron chi connectivity index (χ2n) is 6.73. The molecule has 1 N–H and O–H groups in total. The molecule has 0 spiro atoms. The fourth-order valence-electron chi connectivity index (χ4n) is 2.91. The van der Waals surface area contributed by atoms with Gasteiger partial charge in [0.2, 0.25) is 17.7 Å². The van der Waals surface area contributed by atoms with Gasteiger partial charge in [-0.15, -0.1) is 11.8 Å². The second-order valence-corrected chi connectivity index (χ2v) is 7.92. The molecule has 2 aromatic carbocycles. The number of hydrogen-bond donors (Lipinski definition) is 1. The van der Waals surface area contributed by atoms with Crippen molar-refractivity contribution in [3.63, 3.8) is 0 Å². The Kier molecular flexibility index (Phi) is 5.96. The number of hydrogen-bond acceptors (Lipinski definition) is 4. The summed E-state index contributed by atoms with van der Waals surface area (Å²) in [5, 5.41) is 2.31. The van der Waals surface area contributed by atoms with E-state index in [1.54, 1.807) is 24.3 Å². The summed E-state index contributed by atoms with van der Waals surface area (Å²) in [4.78, 5) is 38.1. The molecule has 6 heteroatoms. The first-order chi connectivity index (χ1) is 13.0. The van der Waals surface area contributed by atoms with E-state index in [9.17, 15) is 14.4 Å². The number of rotatable bonds is 6. The van der Waals surface area contributed by atoms with Crippen LogP contribution in [0.15, 0.2) is 54.6 Å². The Morgan fingerprint density at radius 1 is 1.11 bits per heavy atom. The summed E-state index contributed by atoms with van der Waals surface area (Å²) >= 11 is 1.21. The summed E-state index contributed by atoms with van der Waals surface area (Å²) in [5.74, 6) is -0.115. The molecule has 1 atom stereocenters. The molecule has 1 saturated heterocycles. The smallest absolute Gasteiger partial charge is 0.247 e. The summed E-state index contributed by atoms with van der Waals surface area (Å²) in [7, 11) is 0. The zero-order valence-corrected chi connectivity index (χ0v) is 16.2. The SMILES string of the molecule is CC(C)c1ccc(NC(=O)CS[C@@H]2CC(=O)N(c3ccccc3)C2=O)cc1. The van der Waals surface area contributed by atoms with E-state index >= 15 is 0 Å². The van der Waals surface area contributed by atoms with E-state index in [2.05, 4.69) is 19.2 Å². The van der Waals surface area contributed by atoms with Gasteiger partial charge in [0.25, 0.3) is 0 Å². The van der Waals surface area contributed by atoms with Gasteiger partial charge in [-0.2, -0.15) is 0 Å². The first-order valence-corrected chi connectivity index (χ1v) is 9.94. The highest BCUT2D eigenvalue weighted by Crippen LogP contribution is 2.29. The quantitative estimate of drug-likeness (QED) is 0.772. The molecule has 1 heterocycles. The van der Waals surface area contributed by atoms with Crippen molar-refractivity contribution >= 4 is 40.9 Å². The van der Waals surface area contributed by atoms with Crippen molar-refractivity contribution in [2.75, 3.05) is 16.0 Å². The minimum Gasteiger partial charge on any atom is -0.325 e. The van der Waals surface area contributed by atoms with Crippen molar-refractivity contribution in [1.29, 1.82) is 0 Å². The monoisotopic (exact) mass is 382 g/mol. The number of nitrogens with one attached hydrogen (secondary N) is 1. The molecule has 0 radical (unpaired) electrons. The van der Waals surface area contributed by atoms with E-state index in [0.29, 0.717) is 11.6 Å². The molecule has 3 amide bonds. The van der Waals surface area contributed by atoms with Gasteiger partial charge in [0.05, 0.1) is 16.7 Å². The van der Waals surface area contributed by atoms with Crippen LogP contribution in [0, 0.1) is 0 Å². The van der Waals surface area contributed by atoms with Gasteiger partial charge in [-0.1, -0.05) is 44.2 Å². The minimum absolute atomic E-state index is 0.120. The van der Waals surface area contributed by atoms with Crippen LogP contribution in [0.4, 0.5) is 11.4 Å². The lowest BCUT2D eigenvalue weighted by Gasteiger charge is -2.14. The van der Waals surface area contributed by atoms with Crippen molar-refractivity contribution in [2.24, 2.45) is 0 Å². The predicted octanol–water partition coefficient (Wildman–Crippen LogP) is 3.81. The van der Waals surface area contributed by atoms with Crippen LogP contribution in [0.2, 0.25) is 0 Å². The normalized spacial score (nSPS) is 16.9. The Morgan fingerprint density at radius 2 is 1.78 bits per heavy atom. The molecular formula is C21H22N2O3S. The van der Waals surface area contributed by atoms with Gasteiger partial charge in [0.15, 0.2) is 0 Å². The van der Waals surface area contributed by atoms with Gasteiger partial charge in [0, 0.05) is 12.1 Å². The highest BCUT2D eigenvalue weighted by Gasteiger charge is 2.39. The van der Waals surface area contributed by atoms with Crippen LogP contribution < -0.4 is 10.2 Å². The summed E-state index contributed by atoms with van der Waals surface area (Å²) in [5.41, 5.74) is 2.51. The Labute approximate surface area is 163 Å². The third-order valence-electron chi connectivity index (χ3n) is 4.40. The topological polar surface area (TPSA) is 66.5 Å². The van der Waals surface area contributed by atoms with E-state index in [-0.39, 0.29) is 29.9 Å². The van der Waals surface area contributed by atoms with Crippen molar-refractivity contribution in [3.8, 4) is 0 Å². The number of thioether (sulfide) groups is 1. The average Bonchev–Trinajstić information content (AvgIpc) is 2.94.